The van der Waals surface area contributed by atoms with E-state index < -0.39 is 5.97 Å². The van der Waals surface area contributed by atoms with Crippen molar-refractivity contribution in [1.29, 1.82) is 0 Å². The first kappa shape index (κ1) is 16.6. The van der Waals surface area contributed by atoms with E-state index in [4.69, 9.17) is 19.4 Å². The third-order valence-corrected chi connectivity index (χ3v) is 5.54. The molecule has 0 saturated heterocycles. The van der Waals surface area contributed by atoms with Crippen LogP contribution in [0.4, 0.5) is 0 Å². The summed E-state index contributed by atoms with van der Waals surface area (Å²) in [5, 5.41) is 0.905. The Morgan fingerprint density at radius 2 is 1.61 bits per heavy atom. The van der Waals surface area contributed by atoms with Crippen LogP contribution in [0.3, 0.4) is 0 Å². The number of hydrogen-bond acceptors (Lipinski definition) is 6. The number of rotatable bonds is 3. The molecule has 0 unspecified atom stereocenters. The van der Waals surface area contributed by atoms with E-state index in [1.165, 1.54) is 0 Å². The van der Waals surface area contributed by atoms with Crippen LogP contribution < -0.4 is 9.47 Å². The Hall–Kier alpha value is -3.51. The van der Waals surface area contributed by atoms with Crippen molar-refractivity contribution in [1.82, 2.24) is 9.97 Å². The molecule has 0 bridgehead atoms. The number of para-hydroxylation sites is 2. The van der Waals surface area contributed by atoms with Crippen LogP contribution in [0, 0.1) is 0 Å². The van der Waals surface area contributed by atoms with E-state index in [2.05, 4.69) is 0 Å². The van der Waals surface area contributed by atoms with Crippen molar-refractivity contribution in [2.75, 3.05) is 7.11 Å². The van der Waals surface area contributed by atoms with Gasteiger partial charge in [0.2, 0.25) is 0 Å². The molecule has 0 fully saturated rings. The average molecular weight is 386 g/mol. The van der Waals surface area contributed by atoms with Crippen molar-refractivity contribution in [2.24, 2.45) is 0 Å². The van der Waals surface area contributed by atoms with Crippen molar-refractivity contribution < 1.29 is 14.3 Å². The van der Waals surface area contributed by atoms with Crippen molar-refractivity contribution in [3.63, 3.8) is 0 Å². The fourth-order valence-electron chi connectivity index (χ4n) is 3.08. The predicted octanol–water partition coefficient (Wildman–Crippen LogP) is 5.23. The Balaban J connectivity index is 1.54. The molecule has 28 heavy (non-hydrogen) atoms. The van der Waals surface area contributed by atoms with Crippen molar-refractivity contribution in [3.8, 4) is 11.5 Å². The number of methoxy groups -OCH3 is 1. The highest BCUT2D eigenvalue weighted by Crippen LogP contribution is 2.33. The normalized spacial score (nSPS) is 11.2. The summed E-state index contributed by atoms with van der Waals surface area (Å²) in [4.78, 5) is 22.9. The molecule has 6 heteroatoms. The van der Waals surface area contributed by atoms with Crippen molar-refractivity contribution in [3.05, 3.63) is 72.3 Å². The van der Waals surface area contributed by atoms with Gasteiger partial charge in [0.15, 0.2) is 0 Å². The molecule has 2 heterocycles. The highest BCUT2D eigenvalue weighted by molar-refractivity contribution is 7.25. The van der Waals surface area contributed by atoms with Gasteiger partial charge in [-0.1, -0.05) is 12.1 Å². The van der Waals surface area contributed by atoms with Gasteiger partial charge in [0.1, 0.15) is 21.8 Å². The number of hydrogen-bond donors (Lipinski definition) is 0. The number of carbonyl (C=O) groups excluding carboxylic acids is 1. The smallest absolute Gasteiger partial charge is 0.343 e. The van der Waals surface area contributed by atoms with Gasteiger partial charge in [-0.25, -0.2) is 14.8 Å². The van der Waals surface area contributed by atoms with E-state index in [1.807, 2.05) is 36.4 Å². The molecule has 0 amide bonds. The first-order chi connectivity index (χ1) is 13.7. The molecule has 5 nitrogen and oxygen atoms in total. The zero-order valence-electron chi connectivity index (χ0n) is 14.9. The number of nitrogens with zero attached hydrogens (tertiary/aromatic N) is 2. The second-order valence-corrected chi connectivity index (χ2v) is 7.27. The maximum atomic E-state index is 12.6. The van der Waals surface area contributed by atoms with Crippen molar-refractivity contribution >= 4 is 48.8 Å². The summed E-state index contributed by atoms with van der Waals surface area (Å²) in [5.41, 5.74) is 2.97. The summed E-state index contributed by atoms with van der Waals surface area (Å²) in [6.07, 6.45) is 0. The second-order valence-electron chi connectivity index (χ2n) is 6.24. The predicted molar refractivity (Wildman–Crippen MR) is 110 cm³/mol. The topological polar surface area (TPSA) is 61.3 Å². The van der Waals surface area contributed by atoms with Gasteiger partial charge in [-0.3, -0.25) is 0 Å². The summed E-state index contributed by atoms with van der Waals surface area (Å²) in [6, 6.07) is 20.2. The lowest BCUT2D eigenvalue weighted by Gasteiger charge is -2.05. The fourth-order valence-corrected chi connectivity index (χ4v) is 4.08. The van der Waals surface area contributed by atoms with E-state index >= 15 is 0 Å². The Bertz CT molecular complexity index is 1340. The Morgan fingerprint density at radius 1 is 0.893 bits per heavy atom. The molecule has 0 aliphatic rings. The summed E-state index contributed by atoms with van der Waals surface area (Å²) >= 11 is 1.57. The van der Waals surface area contributed by atoms with Gasteiger partial charge in [0, 0.05) is 10.1 Å². The third-order valence-electron chi connectivity index (χ3n) is 4.49. The summed E-state index contributed by atoms with van der Waals surface area (Å²) in [6.45, 7) is 0. The molecule has 0 spiro atoms. The lowest BCUT2D eigenvalue weighted by molar-refractivity contribution is 0.0735. The van der Waals surface area contributed by atoms with Gasteiger partial charge in [0.25, 0.3) is 0 Å². The van der Waals surface area contributed by atoms with Crippen LogP contribution in [0.15, 0.2) is 66.7 Å². The van der Waals surface area contributed by atoms with Gasteiger partial charge < -0.3 is 9.47 Å². The van der Waals surface area contributed by atoms with Crippen LogP contribution in [-0.2, 0) is 0 Å². The lowest BCUT2D eigenvalue weighted by Crippen LogP contribution is -2.08. The largest absolute Gasteiger partial charge is 0.497 e. The van der Waals surface area contributed by atoms with Crippen LogP contribution in [0.25, 0.3) is 31.5 Å². The highest BCUT2D eigenvalue weighted by atomic mass is 32.1. The van der Waals surface area contributed by atoms with Gasteiger partial charge in [-0.15, -0.1) is 11.3 Å². The molecule has 2 aromatic heterocycles. The van der Waals surface area contributed by atoms with E-state index in [-0.39, 0.29) is 0 Å². The number of aromatic nitrogens is 2. The first-order valence-corrected chi connectivity index (χ1v) is 9.48. The SMILES string of the molecule is COc1ccc(OC(=O)c2ccc3sc4nc5ccccc5nc4c3c2)cc1. The van der Waals surface area contributed by atoms with Gasteiger partial charge in [-0.2, -0.15) is 0 Å². The highest BCUT2D eigenvalue weighted by Gasteiger charge is 2.14. The zero-order valence-corrected chi connectivity index (χ0v) is 15.7. The van der Waals surface area contributed by atoms with E-state index in [0.717, 1.165) is 31.5 Å². The monoisotopic (exact) mass is 386 g/mol. The zero-order chi connectivity index (χ0) is 19.1. The molecule has 0 N–H and O–H groups in total. The number of carbonyl (C=O) groups is 1. The van der Waals surface area contributed by atoms with E-state index in [9.17, 15) is 4.79 Å². The van der Waals surface area contributed by atoms with Crippen LogP contribution in [-0.4, -0.2) is 23.0 Å². The molecule has 0 saturated carbocycles. The maximum absolute atomic E-state index is 12.6. The molecular formula is C22H14N2O3S. The maximum Gasteiger partial charge on any atom is 0.343 e. The molecule has 0 atom stereocenters. The number of ether oxygens (including phenoxy) is 2. The van der Waals surface area contributed by atoms with Gasteiger partial charge in [-0.05, 0) is 54.6 Å². The number of fused-ring (bicyclic) bond motifs is 4. The quantitative estimate of drug-likeness (QED) is 0.314. The Kier molecular flexibility index (Phi) is 3.91. The van der Waals surface area contributed by atoms with E-state index in [1.54, 1.807) is 48.8 Å². The molecule has 0 aliphatic heterocycles. The number of esters is 1. The Labute approximate surface area is 164 Å². The molecule has 0 aliphatic carbocycles. The Morgan fingerprint density at radius 3 is 2.36 bits per heavy atom. The second kappa shape index (κ2) is 6.58. The molecule has 5 rings (SSSR count). The third kappa shape index (κ3) is 2.84. The van der Waals surface area contributed by atoms with Crippen LogP contribution in [0.2, 0.25) is 0 Å². The minimum atomic E-state index is -0.417. The minimum absolute atomic E-state index is 0.417. The minimum Gasteiger partial charge on any atom is -0.497 e. The number of benzene rings is 3. The van der Waals surface area contributed by atoms with Crippen LogP contribution >= 0.6 is 11.3 Å². The summed E-state index contributed by atoms with van der Waals surface area (Å²) < 4.78 is 11.6. The molecule has 5 aromatic rings. The first-order valence-electron chi connectivity index (χ1n) is 8.66. The molecular weight excluding hydrogens is 372 g/mol. The lowest BCUT2D eigenvalue weighted by atomic mass is 10.1. The van der Waals surface area contributed by atoms with E-state index in [0.29, 0.717) is 17.1 Å². The average Bonchev–Trinajstić information content (AvgIpc) is 3.09. The van der Waals surface area contributed by atoms with Gasteiger partial charge >= 0.3 is 5.97 Å². The van der Waals surface area contributed by atoms with Crippen molar-refractivity contribution in [2.45, 2.75) is 0 Å². The number of thiophene rings is 1. The molecule has 136 valence electrons. The summed E-state index contributed by atoms with van der Waals surface area (Å²) in [7, 11) is 1.59. The summed E-state index contributed by atoms with van der Waals surface area (Å²) in [5.74, 6) is 0.754. The molecule has 3 aromatic carbocycles. The van der Waals surface area contributed by atoms with Crippen LogP contribution in [0.1, 0.15) is 10.4 Å². The molecule has 0 radical (unpaired) electrons. The fraction of sp³-hybridized carbons (Fsp3) is 0.0455. The van der Waals surface area contributed by atoms with Crippen LogP contribution in [0.5, 0.6) is 11.5 Å². The van der Waals surface area contributed by atoms with Gasteiger partial charge in [0.05, 0.1) is 23.7 Å². The standard InChI is InChI=1S/C22H14N2O3S/c1-26-14-7-9-15(10-8-14)27-22(25)13-6-11-19-16(12-13)20-21(28-19)24-18-5-3-2-4-17(18)23-20/h2-12H,1H3.